The highest BCUT2D eigenvalue weighted by atomic mass is 32.2. The van der Waals surface area contributed by atoms with Gasteiger partial charge < -0.3 is 15.2 Å². The minimum atomic E-state index is -3.84. The van der Waals surface area contributed by atoms with Gasteiger partial charge >= 0.3 is 0 Å². The zero-order valence-electron chi connectivity index (χ0n) is 31.4. The molecular formula is C38H37F6N7O5S. The maximum atomic E-state index is 15.4. The number of carbonyl (C=O) groups is 1. The summed E-state index contributed by atoms with van der Waals surface area (Å²) in [6.45, 7) is 3.14. The van der Waals surface area contributed by atoms with E-state index in [1.807, 2.05) is 0 Å². The Morgan fingerprint density at radius 2 is 1.75 bits per heavy atom. The second-order valence-electron chi connectivity index (χ2n) is 14.3. The van der Waals surface area contributed by atoms with Crippen molar-refractivity contribution in [3.8, 4) is 28.7 Å². The molecule has 3 heterocycles. The number of aromatic nitrogens is 5. The van der Waals surface area contributed by atoms with E-state index in [2.05, 4.69) is 32.1 Å². The highest BCUT2D eigenvalue weighted by Crippen LogP contribution is 2.48. The predicted molar refractivity (Wildman–Crippen MR) is 197 cm³/mol. The molecule has 2 aromatic carbocycles. The first-order valence-electron chi connectivity index (χ1n) is 17.3. The van der Waals surface area contributed by atoms with Crippen molar-refractivity contribution in [2.75, 3.05) is 18.1 Å². The number of hydrogen-bond acceptors (Lipinski definition) is 8. The third-order valence-electron chi connectivity index (χ3n) is 9.22. The van der Waals surface area contributed by atoms with Gasteiger partial charge in [-0.05, 0) is 74.6 Å². The highest BCUT2D eigenvalue weighted by Gasteiger charge is 2.51. The van der Waals surface area contributed by atoms with Crippen LogP contribution < -0.4 is 14.8 Å². The molecule has 0 saturated carbocycles. The average Bonchev–Trinajstić information content (AvgIpc) is 3.69. The number of aryl methyl sites for hydroxylation is 1. The summed E-state index contributed by atoms with van der Waals surface area (Å²) in [5, 5.41) is 21.3. The van der Waals surface area contributed by atoms with Crippen molar-refractivity contribution in [2.24, 2.45) is 13.0 Å². The molecule has 12 nitrogen and oxygen atoms in total. The number of sulfonamides is 1. The summed E-state index contributed by atoms with van der Waals surface area (Å²) in [6, 6.07) is 7.58. The quantitative estimate of drug-likeness (QED) is 0.110. The first-order chi connectivity index (χ1) is 26.6. The number of amides is 1. The van der Waals surface area contributed by atoms with Crippen molar-refractivity contribution >= 4 is 32.7 Å². The van der Waals surface area contributed by atoms with Crippen molar-refractivity contribution in [1.82, 2.24) is 29.9 Å². The molecule has 0 fully saturated rings. The van der Waals surface area contributed by atoms with Crippen LogP contribution in [-0.2, 0) is 47.2 Å². The summed E-state index contributed by atoms with van der Waals surface area (Å²) in [4.78, 5) is 18.6. The molecule has 0 radical (unpaired) electrons. The van der Waals surface area contributed by atoms with Crippen LogP contribution in [0.2, 0.25) is 0 Å². The lowest BCUT2D eigenvalue weighted by Gasteiger charge is -2.23. The molecule has 2 unspecified atom stereocenters. The van der Waals surface area contributed by atoms with Gasteiger partial charge in [0.25, 0.3) is 12.3 Å². The Bertz CT molecular complexity index is 2550. The van der Waals surface area contributed by atoms with E-state index < -0.39 is 75.4 Å². The Hall–Kier alpha value is -5.61. The number of aliphatic hydroxyl groups is 1. The number of carbonyl (C=O) groups excluding carboxylic acids is 1. The molecule has 19 heteroatoms. The fourth-order valence-corrected chi connectivity index (χ4v) is 7.38. The van der Waals surface area contributed by atoms with Crippen LogP contribution in [0.15, 0.2) is 42.5 Å². The molecule has 3 N–H and O–H groups in total. The van der Waals surface area contributed by atoms with Crippen LogP contribution in [0, 0.1) is 29.4 Å². The lowest BCUT2D eigenvalue weighted by Crippen LogP contribution is -2.35. The van der Waals surface area contributed by atoms with Crippen LogP contribution in [0.4, 0.5) is 32.2 Å². The number of anilines is 1. The Labute approximate surface area is 323 Å². The largest absolute Gasteiger partial charge is 0.496 e. The SMILES string of the molecule is COc1ccc(-c2ccc(C#CC(C)(C)O)nc2C(Cc2cc(F)cc(F)c2)NC(=O)Cn2nc(C(F)F)c3c2C(F)(F)C(C)C3)c2c1c(NS(C)(=O)=O)nn2C. The number of methoxy groups -OCH3 is 1. The van der Waals surface area contributed by atoms with Gasteiger partial charge in [0.05, 0.1) is 36.0 Å². The van der Waals surface area contributed by atoms with Crippen molar-refractivity contribution in [2.45, 2.75) is 64.1 Å². The first kappa shape index (κ1) is 41.0. The van der Waals surface area contributed by atoms with Gasteiger partial charge in [0.1, 0.15) is 46.6 Å². The summed E-state index contributed by atoms with van der Waals surface area (Å²) in [6.07, 6.45) is -2.98. The molecule has 3 aromatic heterocycles. The van der Waals surface area contributed by atoms with Crippen LogP contribution in [-0.4, -0.2) is 62.9 Å². The molecule has 0 aliphatic heterocycles. The minimum absolute atomic E-state index is 0.0266. The maximum absolute atomic E-state index is 15.4. The average molecular weight is 818 g/mol. The fraction of sp³-hybridized carbons (Fsp3) is 0.368. The monoisotopic (exact) mass is 817 g/mol. The van der Waals surface area contributed by atoms with Gasteiger partial charge in [-0.2, -0.15) is 19.0 Å². The molecule has 1 amide bonds. The number of halogens is 6. The molecular weight excluding hydrogens is 781 g/mol. The number of fused-ring (bicyclic) bond motifs is 2. The topological polar surface area (TPSA) is 153 Å². The normalized spacial score (nSPS) is 15.6. The highest BCUT2D eigenvalue weighted by molar-refractivity contribution is 7.92. The van der Waals surface area contributed by atoms with Crippen LogP contribution in [0.1, 0.15) is 67.1 Å². The minimum Gasteiger partial charge on any atom is -0.496 e. The number of nitrogens with zero attached hydrogens (tertiary/aromatic N) is 5. The number of rotatable bonds is 11. The summed E-state index contributed by atoms with van der Waals surface area (Å²) in [5.41, 5.74) is -2.37. The number of ether oxygens (including phenoxy) is 1. The van der Waals surface area contributed by atoms with Crippen LogP contribution >= 0.6 is 0 Å². The zero-order valence-corrected chi connectivity index (χ0v) is 32.2. The third kappa shape index (κ3) is 8.56. The van der Waals surface area contributed by atoms with Gasteiger partial charge in [0.2, 0.25) is 15.9 Å². The lowest BCUT2D eigenvalue weighted by molar-refractivity contribution is -0.123. The van der Waals surface area contributed by atoms with E-state index >= 15 is 8.78 Å². The molecule has 57 heavy (non-hydrogen) atoms. The van der Waals surface area contributed by atoms with Crippen LogP contribution in [0.25, 0.3) is 22.0 Å². The van der Waals surface area contributed by atoms with E-state index in [-0.39, 0.29) is 57.9 Å². The number of benzene rings is 2. The van der Waals surface area contributed by atoms with Gasteiger partial charge in [0.15, 0.2) is 5.82 Å². The second-order valence-corrected chi connectivity index (χ2v) is 16.1. The number of pyridine rings is 1. The zero-order chi connectivity index (χ0) is 41.8. The van der Waals surface area contributed by atoms with Crippen LogP contribution in [0.5, 0.6) is 5.75 Å². The van der Waals surface area contributed by atoms with E-state index in [0.717, 1.165) is 18.4 Å². The summed E-state index contributed by atoms with van der Waals surface area (Å²) in [7, 11) is -0.928. The van der Waals surface area contributed by atoms with Gasteiger partial charge in [0, 0.05) is 35.7 Å². The van der Waals surface area contributed by atoms with Crippen LogP contribution in [0.3, 0.4) is 0 Å². The fourth-order valence-electron chi connectivity index (χ4n) is 6.88. The Balaban J connectivity index is 1.55. The summed E-state index contributed by atoms with van der Waals surface area (Å²) in [5.74, 6) is -2.22. The number of hydrogen-bond donors (Lipinski definition) is 3. The van der Waals surface area contributed by atoms with E-state index in [4.69, 9.17) is 9.72 Å². The second kappa shape index (κ2) is 15.0. The molecule has 2 atom stereocenters. The Kier molecular flexibility index (Phi) is 10.8. The van der Waals surface area contributed by atoms with Gasteiger partial charge in [-0.1, -0.05) is 12.8 Å². The number of alkyl halides is 4. The predicted octanol–water partition coefficient (Wildman–Crippen LogP) is 5.93. The molecule has 6 rings (SSSR count). The third-order valence-corrected chi connectivity index (χ3v) is 9.78. The van der Waals surface area contributed by atoms with E-state index in [1.54, 1.807) is 12.1 Å². The van der Waals surface area contributed by atoms with E-state index in [0.29, 0.717) is 21.8 Å². The van der Waals surface area contributed by atoms with E-state index in [9.17, 15) is 35.9 Å². The molecule has 0 bridgehead atoms. The van der Waals surface area contributed by atoms with Crippen molar-refractivity contribution in [3.05, 3.63) is 88.0 Å². The first-order valence-corrected chi connectivity index (χ1v) is 19.2. The molecule has 1 aliphatic rings. The van der Waals surface area contributed by atoms with Crippen molar-refractivity contribution < 1.29 is 49.4 Å². The smallest absolute Gasteiger partial charge is 0.292 e. The molecule has 1 aliphatic carbocycles. The van der Waals surface area contributed by atoms with Gasteiger partial charge in [-0.25, -0.2) is 31.0 Å². The maximum Gasteiger partial charge on any atom is 0.292 e. The van der Waals surface area contributed by atoms with Crippen molar-refractivity contribution in [1.29, 1.82) is 0 Å². The standard InChI is InChI=1S/C38H37F6N7O5S/c1-19-13-26-32(35(41)42)47-51(34(26)38(19,43)44)18-29(52)46-27(16-20-14-21(39)17-22(40)15-20)31-24(8-7-23(45-31)11-12-37(2,3)53)25-9-10-28(56-5)30-33(25)50(4)48-36(30)49-57(6,54)55/h7-10,14-15,17,19,27,35,53H,13,16,18H2,1-6H3,(H,46,52)(H,48,49). The molecule has 5 aromatic rings. The molecule has 0 saturated heterocycles. The summed E-state index contributed by atoms with van der Waals surface area (Å²) < 4.78 is 122. The lowest BCUT2D eigenvalue weighted by atomic mass is 9.93. The van der Waals surface area contributed by atoms with Gasteiger partial charge in [-0.3, -0.25) is 18.9 Å². The molecule has 302 valence electrons. The van der Waals surface area contributed by atoms with Crippen molar-refractivity contribution in [3.63, 3.8) is 0 Å². The summed E-state index contributed by atoms with van der Waals surface area (Å²) >= 11 is 0. The Morgan fingerprint density at radius 3 is 2.37 bits per heavy atom. The van der Waals surface area contributed by atoms with Gasteiger partial charge in [-0.15, -0.1) is 0 Å². The number of nitrogens with one attached hydrogen (secondary N) is 2. The Morgan fingerprint density at radius 1 is 1.09 bits per heavy atom. The van der Waals surface area contributed by atoms with E-state index in [1.165, 1.54) is 51.7 Å². The molecule has 0 spiro atoms.